The summed E-state index contributed by atoms with van der Waals surface area (Å²) >= 11 is 0. The van der Waals surface area contributed by atoms with E-state index in [9.17, 15) is 9.59 Å². The predicted molar refractivity (Wildman–Crippen MR) is 103 cm³/mol. The van der Waals surface area contributed by atoms with Gasteiger partial charge in [0, 0.05) is 18.7 Å². The summed E-state index contributed by atoms with van der Waals surface area (Å²) in [4.78, 5) is 26.3. The molecule has 1 atom stereocenters. The first-order chi connectivity index (χ1) is 13.0. The van der Waals surface area contributed by atoms with Gasteiger partial charge in [0.1, 0.15) is 17.3 Å². The number of methoxy groups -OCH3 is 1. The van der Waals surface area contributed by atoms with Crippen molar-refractivity contribution in [1.82, 2.24) is 5.32 Å². The number of carbonyl (C=O) groups is 2. The third kappa shape index (κ3) is 4.42. The molecule has 0 spiro atoms. The van der Waals surface area contributed by atoms with Crippen LogP contribution in [-0.2, 0) is 4.79 Å². The van der Waals surface area contributed by atoms with Crippen molar-refractivity contribution < 1.29 is 18.7 Å². The second-order valence-electron chi connectivity index (χ2n) is 6.66. The highest BCUT2D eigenvalue weighted by molar-refractivity contribution is 5.97. The van der Waals surface area contributed by atoms with Gasteiger partial charge in [-0.25, -0.2) is 4.79 Å². The monoisotopic (exact) mass is 371 g/mol. The average Bonchev–Trinajstić information content (AvgIpc) is 3.08. The van der Waals surface area contributed by atoms with E-state index >= 15 is 0 Å². The van der Waals surface area contributed by atoms with E-state index in [1.807, 2.05) is 26.0 Å². The number of carbonyl (C=O) groups excluding carboxylic acids is 2. The normalized spacial score (nSPS) is 15.4. The molecule has 144 valence electrons. The first-order valence-corrected chi connectivity index (χ1v) is 9.10. The molecule has 7 heteroatoms. The summed E-state index contributed by atoms with van der Waals surface area (Å²) in [6.07, 6.45) is 2.39. The molecule has 1 aromatic heterocycles. The summed E-state index contributed by atoms with van der Waals surface area (Å²) < 4.78 is 10.9. The fraction of sp³-hybridized carbons (Fsp3) is 0.400. The highest BCUT2D eigenvalue weighted by Crippen LogP contribution is 2.33. The number of nitrogens with zero attached hydrogens (tertiary/aromatic N) is 1. The zero-order valence-corrected chi connectivity index (χ0v) is 15.9. The van der Waals surface area contributed by atoms with E-state index in [-0.39, 0.29) is 18.0 Å². The number of hydrogen-bond donors (Lipinski definition) is 2. The molecule has 0 radical (unpaired) electrons. The lowest BCUT2D eigenvalue weighted by Gasteiger charge is -2.28. The number of aryl methyl sites for hydroxylation is 1. The molecule has 1 aliphatic heterocycles. The second kappa shape index (κ2) is 8.16. The molecule has 27 heavy (non-hydrogen) atoms. The van der Waals surface area contributed by atoms with Crippen molar-refractivity contribution in [3.8, 4) is 5.75 Å². The Morgan fingerprint density at radius 3 is 2.74 bits per heavy atom. The Labute approximate surface area is 158 Å². The first kappa shape index (κ1) is 18.8. The molecule has 0 bridgehead atoms. The largest absolute Gasteiger partial charge is 0.495 e. The standard InChI is InChI=1S/C20H25N3O4/c1-13-7-9-17(27-13)14(2)21-20(25)22-15-8-10-18(26-3)16(12-15)23-11-5-4-6-19(23)24/h7-10,12,14H,4-6,11H2,1-3H3,(H2,21,22,25). The number of rotatable bonds is 5. The number of amides is 3. The SMILES string of the molecule is COc1ccc(NC(=O)NC(C)c2ccc(C)o2)cc1N1CCCCC1=O. The molecule has 1 aliphatic rings. The zero-order chi connectivity index (χ0) is 19.4. The molecule has 2 N–H and O–H groups in total. The predicted octanol–water partition coefficient (Wildman–Crippen LogP) is 4.00. The third-order valence-electron chi connectivity index (χ3n) is 4.59. The summed E-state index contributed by atoms with van der Waals surface area (Å²) in [6.45, 7) is 4.36. The minimum atomic E-state index is -0.349. The maximum absolute atomic E-state index is 12.3. The van der Waals surface area contributed by atoms with Crippen LogP contribution in [0, 0.1) is 6.92 Å². The fourth-order valence-electron chi connectivity index (χ4n) is 3.16. The van der Waals surface area contributed by atoms with Crippen LogP contribution in [0.2, 0.25) is 0 Å². The number of urea groups is 1. The third-order valence-corrected chi connectivity index (χ3v) is 4.59. The highest BCUT2D eigenvalue weighted by Gasteiger charge is 2.23. The maximum atomic E-state index is 12.3. The van der Waals surface area contributed by atoms with Crippen molar-refractivity contribution in [3.63, 3.8) is 0 Å². The van der Waals surface area contributed by atoms with E-state index in [2.05, 4.69) is 10.6 Å². The van der Waals surface area contributed by atoms with Crippen molar-refractivity contribution in [2.24, 2.45) is 0 Å². The van der Waals surface area contributed by atoms with Gasteiger partial charge in [0.05, 0.1) is 18.8 Å². The molecule has 0 saturated carbocycles. The van der Waals surface area contributed by atoms with Gasteiger partial charge >= 0.3 is 6.03 Å². The van der Waals surface area contributed by atoms with Crippen molar-refractivity contribution >= 4 is 23.3 Å². The number of hydrogen-bond acceptors (Lipinski definition) is 4. The fourth-order valence-corrected chi connectivity index (χ4v) is 3.16. The molecule has 1 unspecified atom stereocenters. The molecule has 3 rings (SSSR count). The topological polar surface area (TPSA) is 83.8 Å². The summed E-state index contributed by atoms with van der Waals surface area (Å²) in [5.41, 5.74) is 1.26. The Balaban J connectivity index is 1.72. The van der Waals surface area contributed by atoms with Crippen LogP contribution in [0.4, 0.5) is 16.2 Å². The van der Waals surface area contributed by atoms with Crippen LogP contribution in [0.5, 0.6) is 5.75 Å². The van der Waals surface area contributed by atoms with Crippen molar-refractivity contribution in [2.45, 2.75) is 39.2 Å². The molecule has 1 aromatic carbocycles. The maximum Gasteiger partial charge on any atom is 0.319 e. The summed E-state index contributed by atoms with van der Waals surface area (Å²) in [5.74, 6) is 2.17. The van der Waals surface area contributed by atoms with Crippen LogP contribution in [-0.4, -0.2) is 25.6 Å². The first-order valence-electron chi connectivity index (χ1n) is 9.10. The van der Waals surface area contributed by atoms with E-state index in [0.717, 1.165) is 18.6 Å². The van der Waals surface area contributed by atoms with E-state index in [4.69, 9.17) is 9.15 Å². The Morgan fingerprint density at radius 1 is 1.26 bits per heavy atom. The van der Waals surface area contributed by atoms with Gasteiger partial charge in [-0.15, -0.1) is 0 Å². The quantitative estimate of drug-likeness (QED) is 0.832. The molecule has 1 fully saturated rings. The van der Waals surface area contributed by atoms with Gasteiger partial charge in [-0.3, -0.25) is 4.79 Å². The molecular weight excluding hydrogens is 346 g/mol. The van der Waals surface area contributed by atoms with E-state index in [1.165, 1.54) is 0 Å². The van der Waals surface area contributed by atoms with Gasteiger partial charge in [-0.05, 0) is 57.0 Å². The van der Waals surface area contributed by atoms with Gasteiger partial charge in [-0.1, -0.05) is 0 Å². The lowest BCUT2D eigenvalue weighted by Crippen LogP contribution is -2.35. The van der Waals surface area contributed by atoms with Crippen LogP contribution < -0.4 is 20.3 Å². The zero-order valence-electron chi connectivity index (χ0n) is 15.9. The van der Waals surface area contributed by atoms with Crippen molar-refractivity contribution in [3.05, 3.63) is 41.9 Å². The van der Waals surface area contributed by atoms with Gasteiger partial charge in [0.2, 0.25) is 5.91 Å². The van der Waals surface area contributed by atoms with Crippen molar-refractivity contribution in [2.75, 3.05) is 23.9 Å². The minimum Gasteiger partial charge on any atom is -0.495 e. The van der Waals surface area contributed by atoms with Crippen LogP contribution in [0.25, 0.3) is 0 Å². The summed E-state index contributed by atoms with van der Waals surface area (Å²) in [6, 6.07) is 8.36. The van der Waals surface area contributed by atoms with Crippen LogP contribution in [0.1, 0.15) is 43.7 Å². The number of furan rings is 1. The Kier molecular flexibility index (Phi) is 5.69. The average molecular weight is 371 g/mol. The Morgan fingerprint density at radius 2 is 2.07 bits per heavy atom. The molecule has 7 nitrogen and oxygen atoms in total. The molecule has 2 aromatic rings. The molecule has 2 heterocycles. The summed E-state index contributed by atoms with van der Waals surface area (Å²) in [7, 11) is 1.57. The lowest BCUT2D eigenvalue weighted by atomic mass is 10.1. The lowest BCUT2D eigenvalue weighted by molar-refractivity contribution is -0.119. The van der Waals surface area contributed by atoms with Crippen LogP contribution >= 0.6 is 0 Å². The van der Waals surface area contributed by atoms with E-state index < -0.39 is 0 Å². The van der Waals surface area contributed by atoms with Gasteiger partial charge in [0.15, 0.2) is 0 Å². The molecule has 1 saturated heterocycles. The van der Waals surface area contributed by atoms with Crippen LogP contribution in [0.15, 0.2) is 34.7 Å². The van der Waals surface area contributed by atoms with Gasteiger partial charge in [0.25, 0.3) is 0 Å². The van der Waals surface area contributed by atoms with E-state index in [1.54, 1.807) is 30.2 Å². The smallest absolute Gasteiger partial charge is 0.319 e. The van der Waals surface area contributed by atoms with Crippen molar-refractivity contribution in [1.29, 1.82) is 0 Å². The summed E-state index contributed by atoms with van der Waals surface area (Å²) in [5, 5.41) is 5.65. The molecule has 3 amide bonds. The van der Waals surface area contributed by atoms with Gasteiger partial charge < -0.3 is 24.7 Å². The number of anilines is 2. The second-order valence-corrected chi connectivity index (χ2v) is 6.66. The van der Waals surface area contributed by atoms with E-state index in [0.29, 0.717) is 35.9 Å². The van der Waals surface area contributed by atoms with Crippen LogP contribution in [0.3, 0.4) is 0 Å². The number of ether oxygens (including phenoxy) is 1. The molecule has 0 aliphatic carbocycles. The minimum absolute atomic E-state index is 0.0722. The Hall–Kier alpha value is -2.96. The number of nitrogens with one attached hydrogen (secondary N) is 2. The molecular formula is C20H25N3O4. The Bertz CT molecular complexity index is 830. The van der Waals surface area contributed by atoms with Gasteiger partial charge in [-0.2, -0.15) is 0 Å². The number of benzene rings is 1. The number of piperidine rings is 1. The highest BCUT2D eigenvalue weighted by atomic mass is 16.5.